The molecule has 0 aliphatic rings. The molecule has 2 aromatic rings. The summed E-state index contributed by atoms with van der Waals surface area (Å²) in [7, 11) is 0. The number of hydrogen-bond donors (Lipinski definition) is 0. The largest absolute Gasteiger partial charge is 0.300 e. The standard InChI is InChI=1S/C17H20N2O/c1-12(2)10-14-4-6-15(7-5-14)16-8-9-18-17(19-16)11-13(3)20/h4-9,12H,10-11H2,1-3H3. The van der Waals surface area contributed by atoms with Crippen LogP contribution in [0.15, 0.2) is 36.5 Å². The zero-order chi connectivity index (χ0) is 14.5. The Hall–Kier alpha value is -2.03. The minimum atomic E-state index is 0.0782. The lowest BCUT2D eigenvalue weighted by atomic mass is 10.0. The van der Waals surface area contributed by atoms with E-state index in [0.717, 1.165) is 17.7 Å². The Balaban J connectivity index is 2.20. The van der Waals surface area contributed by atoms with Crippen LogP contribution in [0.3, 0.4) is 0 Å². The maximum absolute atomic E-state index is 11.1. The van der Waals surface area contributed by atoms with Crippen LogP contribution < -0.4 is 0 Å². The summed E-state index contributed by atoms with van der Waals surface area (Å²) in [5.41, 5.74) is 3.26. The van der Waals surface area contributed by atoms with E-state index in [1.165, 1.54) is 5.56 Å². The molecule has 3 nitrogen and oxygen atoms in total. The number of benzene rings is 1. The molecule has 0 N–H and O–H groups in total. The van der Waals surface area contributed by atoms with E-state index >= 15 is 0 Å². The maximum Gasteiger partial charge on any atom is 0.137 e. The fourth-order valence-electron chi connectivity index (χ4n) is 2.15. The summed E-state index contributed by atoms with van der Waals surface area (Å²) < 4.78 is 0. The molecule has 0 amide bonds. The van der Waals surface area contributed by atoms with Gasteiger partial charge >= 0.3 is 0 Å². The first kappa shape index (κ1) is 14.4. The number of carbonyl (C=O) groups is 1. The molecule has 20 heavy (non-hydrogen) atoms. The van der Waals surface area contributed by atoms with E-state index in [1.54, 1.807) is 13.1 Å². The van der Waals surface area contributed by atoms with Gasteiger partial charge in [0.2, 0.25) is 0 Å². The Kier molecular flexibility index (Phi) is 4.61. The van der Waals surface area contributed by atoms with Crippen molar-refractivity contribution < 1.29 is 4.79 Å². The molecule has 1 aromatic heterocycles. The molecular formula is C17H20N2O. The Bertz CT molecular complexity index is 588. The second-order valence-corrected chi connectivity index (χ2v) is 5.53. The minimum absolute atomic E-state index is 0.0782. The third kappa shape index (κ3) is 3.98. The fraction of sp³-hybridized carbons (Fsp3) is 0.353. The van der Waals surface area contributed by atoms with Gasteiger partial charge in [0.05, 0.1) is 12.1 Å². The van der Waals surface area contributed by atoms with Crippen LogP contribution in [0, 0.1) is 5.92 Å². The molecule has 0 aliphatic carbocycles. The molecule has 0 saturated heterocycles. The summed E-state index contributed by atoms with van der Waals surface area (Å²) in [6.07, 6.45) is 3.08. The lowest BCUT2D eigenvalue weighted by Crippen LogP contribution is -2.02. The van der Waals surface area contributed by atoms with E-state index < -0.39 is 0 Å². The average molecular weight is 268 g/mol. The quantitative estimate of drug-likeness (QED) is 0.834. The third-order valence-corrected chi connectivity index (χ3v) is 3.01. The second-order valence-electron chi connectivity index (χ2n) is 5.53. The summed E-state index contributed by atoms with van der Waals surface area (Å²) in [5, 5.41) is 0. The van der Waals surface area contributed by atoms with Gasteiger partial charge < -0.3 is 0 Å². The fourth-order valence-corrected chi connectivity index (χ4v) is 2.15. The molecule has 1 heterocycles. The Morgan fingerprint density at radius 2 is 1.85 bits per heavy atom. The van der Waals surface area contributed by atoms with E-state index in [-0.39, 0.29) is 5.78 Å². The van der Waals surface area contributed by atoms with E-state index in [4.69, 9.17) is 0 Å². The monoisotopic (exact) mass is 268 g/mol. The van der Waals surface area contributed by atoms with E-state index in [2.05, 4.69) is 48.1 Å². The molecule has 0 radical (unpaired) electrons. The predicted molar refractivity (Wildman–Crippen MR) is 80.4 cm³/mol. The van der Waals surface area contributed by atoms with Crippen LogP contribution in [0.2, 0.25) is 0 Å². The molecule has 2 rings (SSSR count). The third-order valence-electron chi connectivity index (χ3n) is 3.01. The predicted octanol–water partition coefficient (Wildman–Crippen LogP) is 3.47. The highest BCUT2D eigenvalue weighted by Crippen LogP contribution is 2.18. The van der Waals surface area contributed by atoms with Crippen molar-refractivity contribution in [1.29, 1.82) is 0 Å². The molecule has 1 aromatic carbocycles. The Morgan fingerprint density at radius 3 is 2.45 bits per heavy atom. The van der Waals surface area contributed by atoms with Crippen LogP contribution in [-0.4, -0.2) is 15.8 Å². The highest BCUT2D eigenvalue weighted by Gasteiger charge is 2.05. The second kappa shape index (κ2) is 6.42. The molecule has 104 valence electrons. The topological polar surface area (TPSA) is 42.9 Å². The Morgan fingerprint density at radius 1 is 1.15 bits per heavy atom. The summed E-state index contributed by atoms with van der Waals surface area (Å²) in [5.74, 6) is 1.32. The number of hydrogen-bond acceptors (Lipinski definition) is 3. The smallest absolute Gasteiger partial charge is 0.137 e. The van der Waals surface area contributed by atoms with Gasteiger partial charge in [-0.2, -0.15) is 0 Å². The van der Waals surface area contributed by atoms with Crippen LogP contribution in [-0.2, 0) is 17.6 Å². The normalized spacial score (nSPS) is 10.8. The van der Waals surface area contributed by atoms with Crippen molar-refractivity contribution in [3.8, 4) is 11.3 Å². The van der Waals surface area contributed by atoms with Gasteiger partial charge in [-0.05, 0) is 30.9 Å². The molecule has 0 spiro atoms. The lowest BCUT2D eigenvalue weighted by Gasteiger charge is -2.07. The Labute approximate surface area is 120 Å². The van der Waals surface area contributed by atoms with Crippen LogP contribution in [0.4, 0.5) is 0 Å². The molecule has 0 saturated carbocycles. The number of Topliss-reactive ketones (excluding diaryl/α,β-unsaturated/α-hetero) is 1. The molecule has 0 fully saturated rings. The summed E-state index contributed by atoms with van der Waals surface area (Å²) >= 11 is 0. The number of ketones is 1. The van der Waals surface area contributed by atoms with Crippen LogP contribution in [0.5, 0.6) is 0 Å². The van der Waals surface area contributed by atoms with E-state index in [9.17, 15) is 4.79 Å². The summed E-state index contributed by atoms with van der Waals surface area (Å²) in [6.45, 7) is 5.98. The number of aromatic nitrogens is 2. The van der Waals surface area contributed by atoms with Gasteiger partial charge in [0, 0.05) is 11.8 Å². The van der Waals surface area contributed by atoms with Crippen molar-refractivity contribution in [2.24, 2.45) is 5.92 Å². The van der Waals surface area contributed by atoms with Crippen molar-refractivity contribution in [2.75, 3.05) is 0 Å². The van der Waals surface area contributed by atoms with E-state index in [1.807, 2.05) is 6.07 Å². The van der Waals surface area contributed by atoms with Crippen LogP contribution in [0.25, 0.3) is 11.3 Å². The molecule has 3 heteroatoms. The summed E-state index contributed by atoms with van der Waals surface area (Å²) in [4.78, 5) is 19.7. The highest BCUT2D eigenvalue weighted by molar-refractivity contribution is 5.77. The zero-order valence-electron chi connectivity index (χ0n) is 12.3. The van der Waals surface area contributed by atoms with E-state index in [0.29, 0.717) is 18.2 Å². The SMILES string of the molecule is CC(=O)Cc1nccc(-c2ccc(CC(C)C)cc2)n1. The van der Waals surface area contributed by atoms with Gasteiger partial charge in [-0.1, -0.05) is 38.1 Å². The van der Waals surface area contributed by atoms with Gasteiger partial charge in [-0.3, -0.25) is 4.79 Å². The van der Waals surface area contributed by atoms with Gasteiger partial charge in [-0.15, -0.1) is 0 Å². The molecule has 0 bridgehead atoms. The highest BCUT2D eigenvalue weighted by atomic mass is 16.1. The van der Waals surface area contributed by atoms with Gasteiger partial charge in [0.1, 0.15) is 11.6 Å². The first-order valence-corrected chi connectivity index (χ1v) is 6.95. The molecule has 0 atom stereocenters. The number of rotatable bonds is 5. The minimum Gasteiger partial charge on any atom is -0.300 e. The van der Waals surface area contributed by atoms with Crippen molar-refractivity contribution in [3.63, 3.8) is 0 Å². The van der Waals surface area contributed by atoms with Crippen LogP contribution >= 0.6 is 0 Å². The number of nitrogens with zero attached hydrogens (tertiary/aromatic N) is 2. The summed E-state index contributed by atoms with van der Waals surface area (Å²) in [6, 6.07) is 10.3. The van der Waals surface area contributed by atoms with Gasteiger partial charge in [-0.25, -0.2) is 9.97 Å². The zero-order valence-corrected chi connectivity index (χ0v) is 12.3. The van der Waals surface area contributed by atoms with Crippen molar-refractivity contribution in [3.05, 3.63) is 47.9 Å². The van der Waals surface area contributed by atoms with Crippen molar-refractivity contribution >= 4 is 5.78 Å². The number of carbonyl (C=O) groups excluding carboxylic acids is 1. The first-order valence-electron chi connectivity index (χ1n) is 6.95. The van der Waals surface area contributed by atoms with Gasteiger partial charge in [0.25, 0.3) is 0 Å². The van der Waals surface area contributed by atoms with Crippen LogP contribution in [0.1, 0.15) is 32.2 Å². The van der Waals surface area contributed by atoms with Gasteiger partial charge in [0.15, 0.2) is 0 Å². The first-order chi connectivity index (χ1) is 9.54. The lowest BCUT2D eigenvalue weighted by molar-refractivity contribution is -0.116. The maximum atomic E-state index is 11.1. The van der Waals surface area contributed by atoms with Crippen molar-refractivity contribution in [2.45, 2.75) is 33.6 Å². The average Bonchev–Trinajstić information content (AvgIpc) is 2.38. The molecule has 0 aliphatic heterocycles. The van der Waals surface area contributed by atoms with Crippen molar-refractivity contribution in [1.82, 2.24) is 9.97 Å². The molecule has 0 unspecified atom stereocenters. The molecular weight excluding hydrogens is 248 g/mol.